The average Bonchev–Trinajstić information content (AvgIpc) is 2.94. The Morgan fingerprint density at radius 1 is 1.40 bits per heavy atom. The highest BCUT2D eigenvalue weighted by Gasteiger charge is 2.12. The molecule has 0 atom stereocenters. The van der Waals surface area contributed by atoms with Gasteiger partial charge < -0.3 is 10.6 Å². The molecule has 2 amide bonds. The molecule has 0 spiro atoms. The fraction of sp³-hybridized carbons (Fsp3) is 0.333. The van der Waals surface area contributed by atoms with Gasteiger partial charge in [0.05, 0.1) is 12.2 Å². The molecule has 2 aromatic heterocycles. The van der Waals surface area contributed by atoms with E-state index in [0.29, 0.717) is 5.13 Å². The quantitative estimate of drug-likeness (QED) is 0.875. The maximum atomic E-state index is 11.7. The summed E-state index contributed by atoms with van der Waals surface area (Å²) in [5.74, 6) is -0.699. The van der Waals surface area contributed by atoms with E-state index in [0.717, 1.165) is 10.6 Å². The van der Waals surface area contributed by atoms with E-state index in [2.05, 4.69) is 20.7 Å². The molecule has 7 nitrogen and oxygen atoms in total. The van der Waals surface area contributed by atoms with Crippen molar-refractivity contribution in [1.82, 2.24) is 20.1 Å². The number of aryl methyl sites for hydroxylation is 3. The Morgan fingerprint density at radius 3 is 2.70 bits per heavy atom. The molecule has 0 saturated heterocycles. The SMILES string of the molecule is Cc1nc(NC(=O)CNC(=O)c2ccn(C)n2)sc1C. The van der Waals surface area contributed by atoms with Gasteiger partial charge in [0.25, 0.3) is 5.91 Å². The van der Waals surface area contributed by atoms with Crippen LogP contribution in [0, 0.1) is 13.8 Å². The number of nitrogens with zero attached hydrogens (tertiary/aromatic N) is 3. The first kappa shape index (κ1) is 14.2. The van der Waals surface area contributed by atoms with Crippen LogP contribution in [0.15, 0.2) is 12.3 Å². The number of thiazole rings is 1. The lowest BCUT2D eigenvalue weighted by atomic mass is 10.4. The zero-order valence-corrected chi connectivity index (χ0v) is 12.2. The maximum Gasteiger partial charge on any atom is 0.272 e. The second kappa shape index (κ2) is 5.83. The van der Waals surface area contributed by atoms with Gasteiger partial charge in [-0.05, 0) is 19.9 Å². The second-order valence-electron chi connectivity index (χ2n) is 4.27. The van der Waals surface area contributed by atoms with Gasteiger partial charge in [-0.1, -0.05) is 0 Å². The van der Waals surface area contributed by atoms with Gasteiger partial charge in [-0.3, -0.25) is 14.3 Å². The third-order valence-corrected chi connectivity index (χ3v) is 3.62. The van der Waals surface area contributed by atoms with Crippen LogP contribution in [0.1, 0.15) is 21.1 Å². The Balaban J connectivity index is 1.84. The molecule has 0 unspecified atom stereocenters. The fourth-order valence-electron chi connectivity index (χ4n) is 1.48. The van der Waals surface area contributed by atoms with Gasteiger partial charge in [-0.2, -0.15) is 5.10 Å². The van der Waals surface area contributed by atoms with Crippen molar-refractivity contribution in [1.29, 1.82) is 0 Å². The molecule has 0 fully saturated rings. The van der Waals surface area contributed by atoms with E-state index in [1.54, 1.807) is 19.3 Å². The smallest absolute Gasteiger partial charge is 0.272 e. The van der Waals surface area contributed by atoms with E-state index in [9.17, 15) is 9.59 Å². The molecule has 0 aromatic carbocycles. The number of hydrogen-bond acceptors (Lipinski definition) is 5. The number of rotatable bonds is 4. The fourth-order valence-corrected chi connectivity index (χ4v) is 2.31. The molecule has 106 valence electrons. The van der Waals surface area contributed by atoms with E-state index >= 15 is 0 Å². The molecule has 0 radical (unpaired) electrons. The molecule has 0 aliphatic heterocycles. The zero-order chi connectivity index (χ0) is 14.7. The molecule has 8 heteroatoms. The summed E-state index contributed by atoms with van der Waals surface area (Å²) >= 11 is 1.41. The molecule has 0 aliphatic carbocycles. The average molecular weight is 293 g/mol. The number of aromatic nitrogens is 3. The van der Waals surface area contributed by atoms with Gasteiger partial charge in [0.1, 0.15) is 5.69 Å². The summed E-state index contributed by atoms with van der Waals surface area (Å²) in [4.78, 5) is 28.6. The number of anilines is 1. The topological polar surface area (TPSA) is 88.9 Å². The van der Waals surface area contributed by atoms with Crippen LogP contribution >= 0.6 is 11.3 Å². The molecule has 2 rings (SSSR count). The first-order chi connectivity index (χ1) is 9.45. The summed E-state index contributed by atoms with van der Waals surface area (Å²) in [6, 6.07) is 1.58. The van der Waals surface area contributed by atoms with Crippen molar-refractivity contribution < 1.29 is 9.59 Å². The molecule has 2 N–H and O–H groups in total. The monoisotopic (exact) mass is 293 g/mol. The summed E-state index contributed by atoms with van der Waals surface area (Å²) in [6.45, 7) is 3.70. The summed E-state index contributed by atoms with van der Waals surface area (Å²) in [5, 5.41) is 9.64. The van der Waals surface area contributed by atoms with Crippen molar-refractivity contribution >= 4 is 28.3 Å². The lowest BCUT2D eigenvalue weighted by Gasteiger charge is -2.03. The molecule has 0 saturated carbocycles. The van der Waals surface area contributed by atoms with Crippen LogP contribution in [0.25, 0.3) is 0 Å². The molecular formula is C12H15N5O2S. The van der Waals surface area contributed by atoms with Crippen molar-refractivity contribution in [2.45, 2.75) is 13.8 Å². The highest BCUT2D eigenvalue weighted by molar-refractivity contribution is 7.15. The summed E-state index contributed by atoms with van der Waals surface area (Å²) in [6.07, 6.45) is 1.66. The largest absolute Gasteiger partial charge is 0.342 e. The molecule has 0 bridgehead atoms. The van der Waals surface area contributed by atoms with Gasteiger partial charge in [0, 0.05) is 18.1 Å². The van der Waals surface area contributed by atoms with Crippen LogP contribution in [-0.2, 0) is 11.8 Å². The van der Waals surface area contributed by atoms with Crippen LogP contribution in [-0.4, -0.2) is 33.1 Å². The van der Waals surface area contributed by atoms with Crippen molar-refractivity contribution in [3.63, 3.8) is 0 Å². The minimum Gasteiger partial charge on any atom is -0.342 e. The Kier molecular flexibility index (Phi) is 4.14. The Morgan fingerprint density at radius 2 is 2.15 bits per heavy atom. The second-order valence-corrected chi connectivity index (χ2v) is 5.47. The van der Waals surface area contributed by atoms with Crippen molar-refractivity contribution in [3.8, 4) is 0 Å². The zero-order valence-electron chi connectivity index (χ0n) is 11.4. The van der Waals surface area contributed by atoms with Crippen LogP contribution in [0.3, 0.4) is 0 Å². The van der Waals surface area contributed by atoms with E-state index in [-0.39, 0.29) is 24.1 Å². The summed E-state index contributed by atoms with van der Waals surface area (Å²) in [7, 11) is 1.72. The van der Waals surface area contributed by atoms with Crippen LogP contribution in [0.5, 0.6) is 0 Å². The minimum absolute atomic E-state index is 0.118. The summed E-state index contributed by atoms with van der Waals surface area (Å²) in [5.41, 5.74) is 1.17. The predicted molar refractivity (Wildman–Crippen MR) is 75.8 cm³/mol. The van der Waals surface area contributed by atoms with Gasteiger partial charge in [0.2, 0.25) is 5.91 Å². The molecular weight excluding hydrogens is 278 g/mol. The standard InChI is InChI=1S/C12H15N5O2S/c1-7-8(2)20-12(14-7)15-10(18)6-13-11(19)9-4-5-17(3)16-9/h4-5H,6H2,1-3H3,(H,13,19)(H,14,15,18). The highest BCUT2D eigenvalue weighted by atomic mass is 32.1. The van der Waals surface area contributed by atoms with Crippen LogP contribution in [0.4, 0.5) is 5.13 Å². The number of carbonyl (C=O) groups excluding carboxylic acids is 2. The Hall–Kier alpha value is -2.22. The summed E-state index contributed by atoms with van der Waals surface area (Å²) < 4.78 is 1.52. The van der Waals surface area contributed by atoms with E-state index < -0.39 is 0 Å². The minimum atomic E-state index is -0.382. The molecule has 2 heterocycles. The van der Waals surface area contributed by atoms with E-state index in [1.807, 2.05) is 13.8 Å². The molecule has 20 heavy (non-hydrogen) atoms. The number of nitrogens with one attached hydrogen (secondary N) is 2. The van der Waals surface area contributed by atoms with Gasteiger partial charge in [-0.15, -0.1) is 11.3 Å². The van der Waals surface area contributed by atoms with Crippen LogP contribution in [0.2, 0.25) is 0 Å². The number of hydrogen-bond donors (Lipinski definition) is 2. The normalized spacial score (nSPS) is 10.3. The van der Waals surface area contributed by atoms with Crippen LogP contribution < -0.4 is 10.6 Å². The van der Waals surface area contributed by atoms with Gasteiger partial charge in [-0.25, -0.2) is 4.98 Å². The third kappa shape index (κ3) is 3.41. The third-order valence-electron chi connectivity index (χ3n) is 2.63. The Bertz CT molecular complexity index is 627. The van der Waals surface area contributed by atoms with Crippen molar-refractivity contribution in [3.05, 3.63) is 28.5 Å². The number of carbonyl (C=O) groups is 2. The van der Waals surface area contributed by atoms with Crippen molar-refractivity contribution in [2.75, 3.05) is 11.9 Å². The van der Waals surface area contributed by atoms with E-state index in [1.165, 1.54) is 16.0 Å². The van der Waals surface area contributed by atoms with Crippen molar-refractivity contribution in [2.24, 2.45) is 7.05 Å². The first-order valence-corrected chi connectivity index (χ1v) is 6.79. The molecule has 0 aliphatic rings. The maximum absolute atomic E-state index is 11.7. The Labute approximate surface area is 120 Å². The van der Waals surface area contributed by atoms with E-state index in [4.69, 9.17) is 0 Å². The number of amides is 2. The lowest BCUT2D eigenvalue weighted by Crippen LogP contribution is -2.33. The van der Waals surface area contributed by atoms with Gasteiger partial charge >= 0.3 is 0 Å². The lowest BCUT2D eigenvalue weighted by molar-refractivity contribution is -0.115. The first-order valence-electron chi connectivity index (χ1n) is 5.97. The van der Waals surface area contributed by atoms with Gasteiger partial charge in [0.15, 0.2) is 5.13 Å². The highest BCUT2D eigenvalue weighted by Crippen LogP contribution is 2.20. The molecule has 2 aromatic rings. The predicted octanol–water partition coefficient (Wildman–Crippen LogP) is 0.862.